The van der Waals surface area contributed by atoms with Crippen LogP contribution in [0.15, 0.2) is 18.2 Å². The average molecular weight is 365 g/mol. The molecule has 4 fully saturated rings. The van der Waals surface area contributed by atoms with Crippen molar-refractivity contribution in [2.45, 2.75) is 37.3 Å². The zero-order chi connectivity index (χ0) is 16.5. The van der Waals surface area contributed by atoms with E-state index in [9.17, 15) is 9.18 Å². The summed E-state index contributed by atoms with van der Waals surface area (Å²) in [5.41, 5.74) is 0.225. The van der Waals surface area contributed by atoms with E-state index in [1.54, 1.807) is 12.1 Å². The molecule has 1 atom stereocenters. The number of hydrogen-bond acceptors (Lipinski definition) is 3. The van der Waals surface area contributed by atoms with Gasteiger partial charge in [0.05, 0.1) is 15.9 Å². The Kier molecular flexibility index (Phi) is 3.25. The number of thiophene rings is 1. The van der Waals surface area contributed by atoms with Crippen LogP contribution in [0.5, 0.6) is 0 Å². The Morgan fingerprint density at radius 3 is 2.75 bits per heavy atom. The maximum Gasteiger partial charge on any atom is 0.261 e. The summed E-state index contributed by atoms with van der Waals surface area (Å²) >= 11 is 7.23. The van der Waals surface area contributed by atoms with Crippen LogP contribution in [0.2, 0.25) is 5.02 Å². The summed E-state index contributed by atoms with van der Waals surface area (Å²) in [4.78, 5) is 16.0. The highest BCUT2D eigenvalue weighted by Gasteiger charge is 2.60. The molecule has 6 rings (SSSR count). The van der Waals surface area contributed by atoms with Crippen LogP contribution in [0.25, 0.3) is 10.1 Å². The van der Waals surface area contributed by atoms with Gasteiger partial charge in [0.2, 0.25) is 0 Å². The number of fused-ring (bicyclic) bond motifs is 3. The molecule has 4 heterocycles. The van der Waals surface area contributed by atoms with Crippen LogP contribution in [0.1, 0.15) is 35.4 Å². The van der Waals surface area contributed by atoms with Gasteiger partial charge in [-0.15, -0.1) is 11.3 Å². The number of carbonyl (C=O) groups is 1. The van der Waals surface area contributed by atoms with E-state index in [1.165, 1.54) is 56.2 Å². The van der Waals surface area contributed by atoms with Crippen LogP contribution in [0.3, 0.4) is 0 Å². The lowest BCUT2D eigenvalue weighted by Crippen LogP contribution is -2.65. The predicted octanol–water partition coefficient (Wildman–Crippen LogP) is 4.05. The second kappa shape index (κ2) is 5.16. The van der Waals surface area contributed by atoms with Crippen LogP contribution in [-0.2, 0) is 0 Å². The molecule has 1 aromatic heterocycles. The monoisotopic (exact) mass is 364 g/mol. The highest BCUT2D eigenvalue weighted by Crippen LogP contribution is 2.53. The number of nitrogens with zero attached hydrogens (tertiary/aromatic N) is 1. The van der Waals surface area contributed by atoms with Gasteiger partial charge in [-0.3, -0.25) is 9.69 Å². The summed E-state index contributed by atoms with van der Waals surface area (Å²) in [6.07, 6.45) is 4.75. The van der Waals surface area contributed by atoms with Crippen LogP contribution in [-0.4, -0.2) is 35.5 Å². The summed E-state index contributed by atoms with van der Waals surface area (Å²) in [5.74, 6) is 0.128. The van der Waals surface area contributed by atoms with E-state index in [0.717, 1.165) is 10.1 Å². The van der Waals surface area contributed by atoms with Crippen molar-refractivity contribution in [2.24, 2.45) is 5.92 Å². The Balaban J connectivity index is 1.43. The normalized spacial score (nSPS) is 30.0. The van der Waals surface area contributed by atoms with E-state index in [0.29, 0.717) is 10.8 Å². The fourth-order valence-electron chi connectivity index (χ4n) is 4.68. The Morgan fingerprint density at radius 1 is 1.29 bits per heavy atom. The van der Waals surface area contributed by atoms with E-state index < -0.39 is 5.82 Å². The lowest BCUT2D eigenvalue weighted by atomic mass is 9.77. The fraction of sp³-hybridized carbons (Fsp3) is 0.500. The Hall–Kier alpha value is -1.17. The molecule has 1 aliphatic carbocycles. The van der Waals surface area contributed by atoms with Gasteiger partial charge >= 0.3 is 0 Å². The SMILES string of the molecule is O=C(N[C@@H]1C2CCN(CC2)C12CC2)c1cc2cc(F)c(Cl)cc2s1. The van der Waals surface area contributed by atoms with E-state index in [-0.39, 0.29) is 22.5 Å². The van der Waals surface area contributed by atoms with Crippen molar-refractivity contribution in [3.63, 3.8) is 0 Å². The summed E-state index contributed by atoms with van der Waals surface area (Å²) in [7, 11) is 0. The maximum absolute atomic E-state index is 13.6. The first-order chi connectivity index (χ1) is 11.6. The molecule has 126 valence electrons. The molecular weight excluding hydrogens is 347 g/mol. The van der Waals surface area contributed by atoms with Gasteiger partial charge in [0, 0.05) is 10.2 Å². The first-order valence-corrected chi connectivity index (χ1v) is 9.71. The van der Waals surface area contributed by atoms with Gasteiger partial charge in [-0.1, -0.05) is 11.6 Å². The quantitative estimate of drug-likeness (QED) is 0.871. The summed E-state index contributed by atoms with van der Waals surface area (Å²) < 4.78 is 14.5. The molecule has 2 bridgehead atoms. The number of piperidine rings is 3. The minimum absolute atomic E-state index is 0.0299. The maximum atomic E-state index is 13.6. The molecule has 24 heavy (non-hydrogen) atoms. The van der Waals surface area contributed by atoms with Gasteiger partial charge in [-0.05, 0) is 68.3 Å². The van der Waals surface area contributed by atoms with Crippen LogP contribution in [0.4, 0.5) is 4.39 Å². The second-order valence-corrected chi connectivity index (χ2v) is 8.78. The molecule has 0 radical (unpaired) electrons. The number of halogens is 2. The van der Waals surface area contributed by atoms with Gasteiger partial charge in [-0.25, -0.2) is 4.39 Å². The lowest BCUT2D eigenvalue weighted by molar-refractivity contribution is -0.00138. The molecule has 1 spiro atoms. The van der Waals surface area contributed by atoms with Gasteiger partial charge in [-0.2, -0.15) is 0 Å². The van der Waals surface area contributed by atoms with Crippen molar-refractivity contribution in [3.8, 4) is 0 Å². The minimum atomic E-state index is -0.441. The molecule has 3 aliphatic heterocycles. The Morgan fingerprint density at radius 2 is 2.04 bits per heavy atom. The van der Waals surface area contributed by atoms with Crippen LogP contribution in [0, 0.1) is 11.7 Å². The third-order valence-electron chi connectivity index (χ3n) is 6.05. The zero-order valence-electron chi connectivity index (χ0n) is 13.1. The molecule has 6 heteroatoms. The minimum Gasteiger partial charge on any atom is -0.346 e. The first-order valence-electron chi connectivity index (χ1n) is 8.51. The van der Waals surface area contributed by atoms with E-state index >= 15 is 0 Å². The number of benzene rings is 1. The van der Waals surface area contributed by atoms with Crippen molar-refractivity contribution in [2.75, 3.05) is 13.1 Å². The van der Waals surface area contributed by atoms with Gasteiger partial charge < -0.3 is 5.32 Å². The van der Waals surface area contributed by atoms with Crippen molar-refractivity contribution in [1.29, 1.82) is 0 Å². The molecule has 1 aromatic carbocycles. The smallest absolute Gasteiger partial charge is 0.261 e. The Bertz CT molecular complexity index is 800. The van der Waals surface area contributed by atoms with Gasteiger partial charge in [0.15, 0.2) is 0 Å². The molecule has 3 saturated heterocycles. The number of amides is 1. The largest absolute Gasteiger partial charge is 0.346 e. The summed E-state index contributed by atoms with van der Waals surface area (Å²) in [5, 5.41) is 4.15. The van der Waals surface area contributed by atoms with Crippen LogP contribution < -0.4 is 5.32 Å². The van der Waals surface area contributed by atoms with Gasteiger partial charge in [0.25, 0.3) is 5.91 Å². The number of carbonyl (C=O) groups excluding carboxylic acids is 1. The summed E-state index contributed by atoms with van der Waals surface area (Å²) in [6.45, 7) is 2.36. The molecule has 2 aromatic rings. The molecule has 4 aliphatic rings. The summed E-state index contributed by atoms with van der Waals surface area (Å²) in [6, 6.07) is 5.04. The molecule has 0 unspecified atom stereocenters. The topological polar surface area (TPSA) is 32.3 Å². The number of nitrogens with one attached hydrogen (secondary N) is 1. The van der Waals surface area contributed by atoms with E-state index in [2.05, 4.69) is 10.2 Å². The highest BCUT2D eigenvalue weighted by molar-refractivity contribution is 7.20. The third kappa shape index (κ3) is 2.14. The molecule has 1 N–H and O–H groups in total. The molecular formula is C18H18ClFN2OS. The van der Waals surface area contributed by atoms with Crippen molar-refractivity contribution in [3.05, 3.63) is 33.9 Å². The molecule has 3 nitrogen and oxygen atoms in total. The van der Waals surface area contributed by atoms with E-state index in [1.807, 2.05) is 0 Å². The standard InChI is InChI=1S/C18H18ClFN2OS/c19-12-9-14-11(7-13(12)20)8-15(24-14)17(23)21-16-10-1-5-22(6-2-10)18(16)3-4-18/h7-10,16H,1-6H2,(H,21,23)/t16-/m1/s1. The van der Waals surface area contributed by atoms with Crippen molar-refractivity contribution in [1.82, 2.24) is 10.2 Å². The molecule has 1 amide bonds. The average Bonchev–Trinajstić information content (AvgIpc) is 3.25. The van der Waals surface area contributed by atoms with Crippen molar-refractivity contribution < 1.29 is 9.18 Å². The highest BCUT2D eigenvalue weighted by atomic mass is 35.5. The number of hydrogen-bond donors (Lipinski definition) is 1. The molecule has 1 saturated carbocycles. The number of rotatable bonds is 2. The fourth-order valence-corrected chi connectivity index (χ4v) is 5.89. The zero-order valence-corrected chi connectivity index (χ0v) is 14.7. The van der Waals surface area contributed by atoms with Crippen molar-refractivity contribution >= 4 is 38.9 Å². The second-order valence-electron chi connectivity index (χ2n) is 7.29. The lowest BCUT2D eigenvalue weighted by Gasteiger charge is -2.52. The Labute approximate surface area is 148 Å². The van der Waals surface area contributed by atoms with Gasteiger partial charge in [0.1, 0.15) is 5.82 Å². The van der Waals surface area contributed by atoms with E-state index in [4.69, 9.17) is 11.6 Å². The van der Waals surface area contributed by atoms with Crippen LogP contribution >= 0.6 is 22.9 Å². The third-order valence-corrected chi connectivity index (χ3v) is 7.44. The predicted molar refractivity (Wildman–Crippen MR) is 94.3 cm³/mol. The first kappa shape index (κ1) is 15.1.